The first-order valence-corrected chi connectivity index (χ1v) is 5.65. The predicted molar refractivity (Wildman–Crippen MR) is 52.8 cm³/mol. The summed E-state index contributed by atoms with van der Waals surface area (Å²) in [6.45, 7) is 1.64. The molecule has 1 unspecified atom stereocenters. The topological polar surface area (TPSA) is 50.2 Å². The zero-order valence-corrected chi connectivity index (χ0v) is 9.37. The number of aliphatic carboxylic acids is 1. The molecule has 6 heteroatoms. The van der Waals surface area contributed by atoms with Crippen molar-refractivity contribution < 1.29 is 9.90 Å². The van der Waals surface area contributed by atoms with Gasteiger partial charge in [-0.25, -0.2) is 4.98 Å². The Bertz CT molecular complexity index is 289. The fraction of sp³-hybridized carbons (Fsp3) is 0.333. The highest BCUT2D eigenvalue weighted by Gasteiger charge is 2.14. The second-order valence-electron chi connectivity index (χ2n) is 2.03. The van der Waals surface area contributed by atoms with Crippen LogP contribution in [0.2, 0.25) is 0 Å². The van der Waals surface area contributed by atoms with Crippen molar-refractivity contribution >= 4 is 45.0 Å². The quantitative estimate of drug-likeness (QED) is 0.855. The van der Waals surface area contributed by atoms with Crippen LogP contribution >= 0.6 is 39.0 Å². The molecule has 0 aliphatic rings. The van der Waals surface area contributed by atoms with E-state index in [1.807, 2.05) is 5.38 Å². The molecule has 0 aliphatic carbocycles. The van der Waals surface area contributed by atoms with Gasteiger partial charge >= 0.3 is 5.97 Å². The molecule has 1 aromatic heterocycles. The van der Waals surface area contributed by atoms with E-state index in [0.29, 0.717) is 0 Å². The summed E-state index contributed by atoms with van der Waals surface area (Å²) < 4.78 is 1.53. The molecule has 1 heterocycles. The molecular formula is C6H6BrNO2S2. The van der Waals surface area contributed by atoms with Gasteiger partial charge in [-0.15, -0.1) is 11.3 Å². The molecule has 1 rings (SSSR count). The Hall–Kier alpha value is -0.0700. The molecule has 3 nitrogen and oxygen atoms in total. The molecule has 0 saturated heterocycles. The molecule has 12 heavy (non-hydrogen) atoms. The highest BCUT2D eigenvalue weighted by Crippen LogP contribution is 2.28. The summed E-state index contributed by atoms with van der Waals surface area (Å²) in [6, 6.07) is 0. The van der Waals surface area contributed by atoms with E-state index in [1.54, 1.807) is 6.92 Å². The lowest BCUT2D eigenvalue weighted by Gasteiger charge is -2.00. The molecule has 0 spiro atoms. The van der Waals surface area contributed by atoms with Gasteiger partial charge in [0.15, 0.2) is 4.34 Å². The Morgan fingerprint density at radius 1 is 1.92 bits per heavy atom. The molecule has 0 aliphatic heterocycles. The van der Waals surface area contributed by atoms with Crippen LogP contribution in [-0.4, -0.2) is 21.3 Å². The fourth-order valence-electron chi connectivity index (χ4n) is 0.495. The van der Waals surface area contributed by atoms with Gasteiger partial charge < -0.3 is 5.11 Å². The third-order valence-electron chi connectivity index (χ3n) is 1.08. The van der Waals surface area contributed by atoms with Crippen LogP contribution in [0.25, 0.3) is 0 Å². The molecule has 1 atom stereocenters. The van der Waals surface area contributed by atoms with Gasteiger partial charge in [0.2, 0.25) is 0 Å². The maximum Gasteiger partial charge on any atom is 0.316 e. The standard InChI is InChI=1S/C6H6BrNO2S2/c1-3(5(9)10)12-6-8-4(7)2-11-6/h2-3H,1H3,(H,9,10). The van der Waals surface area contributed by atoms with Crippen LogP contribution in [0.15, 0.2) is 14.3 Å². The van der Waals surface area contributed by atoms with Crippen LogP contribution in [0.3, 0.4) is 0 Å². The Kier molecular flexibility index (Phi) is 3.54. The number of carboxylic acid groups (broad SMARTS) is 1. The third kappa shape index (κ3) is 2.76. The van der Waals surface area contributed by atoms with Gasteiger partial charge in [0.1, 0.15) is 9.85 Å². The van der Waals surface area contributed by atoms with E-state index in [0.717, 1.165) is 8.94 Å². The van der Waals surface area contributed by atoms with E-state index < -0.39 is 11.2 Å². The molecule has 66 valence electrons. The maximum atomic E-state index is 10.5. The second-order valence-corrected chi connectivity index (χ2v) is 5.29. The highest BCUT2D eigenvalue weighted by atomic mass is 79.9. The van der Waals surface area contributed by atoms with Crippen LogP contribution in [-0.2, 0) is 4.79 Å². The summed E-state index contributed by atoms with van der Waals surface area (Å²) in [5, 5.41) is 9.98. The molecule has 0 radical (unpaired) electrons. The van der Waals surface area contributed by atoms with Crippen molar-refractivity contribution in [3.63, 3.8) is 0 Å². The van der Waals surface area contributed by atoms with Crippen LogP contribution in [0.4, 0.5) is 0 Å². The zero-order valence-electron chi connectivity index (χ0n) is 6.15. The minimum absolute atomic E-state index is 0.442. The smallest absolute Gasteiger partial charge is 0.316 e. The van der Waals surface area contributed by atoms with Crippen LogP contribution in [0.1, 0.15) is 6.92 Å². The van der Waals surface area contributed by atoms with E-state index in [2.05, 4.69) is 20.9 Å². The lowest BCUT2D eigenvalue weighted by atomic mass is 10.5. The first-order chi connectivity index (χ1) is 5.59. The maximum absolute atomic E-state index is 10.5. The number of carbonyl (C=O) groups is 1. The average molecular weight is 268 g/mol. The van der Waals surface area contributed by atoms with Crippen molar-refractivity contribution in [1.29, 1.82) is 0 Å². The largest absolute Gasteiger partial charge is 0.480 e. The van der Waals surface area contributed by atoms with Gasteiger partial charge in [0.25, 0.3) is 0 Å². The van der Waals surface area contributed by atoms with Crippen LogP contribution in [0, 0.1) is 0 Å². The molecular weight excluding hydrogens is 262 g/mol. The summed E-state index contributed by atoms with van der Waals surface area (Å²) in [4.78, 5) is 14.5. The molecule has 0 saturated carbocycles. The predicted octanol–water partition coefficient (Wildman–Crippen LogP) is 2.47. The number of hydrogen-bond acceptors (Lipinski definition) is 4. The lowest BCUT2D eigenvalue weighted by Crippen LogP contribution is -2.10. The van der Waals surface area contributed by atoms with Gasteiger partial charge in [0, 0.05) is 5.38 Å². The average Bonchev–Trinajstić information content (AvgIpc) is 2.35. The fourth-order valence-corrected chi connectivity index (χ4v) is 2.94. The van der Waals surface area contributed by atoms with Crippen molar-refractivity contribution in [3.05, 3.63) is 9.98 Å². The number of rotatable bonds is 3. The highest BCUT2D eigenvalue weighted by molar-refractivity contribution is 9.10. The van der Waals surface area contributed by atoms with Crippen LogP contribution < -0.4 is 0 Å². The number of aromatic nitrogens is 1. The molecule has 0 bridgehead atoms. The number of nitrogens with zero attached hydrogens (tertiary/aromatic N) is 1. The Balaban J connectivity index is 2.58. The number of thiazole rings is 1. The molecule has 0 aromatic carbocycles. The van der Waals surface area contributed by atoms with Crippen molar-refractivity contribution in [3.8, 4) is 0 Å². The van der Waals surface area contributed by atoms with Crippen molar-refractivity contribution in [1.82, 2.24) is 4.98 Å². The molecule has 0 fully saturated rings. The van der Waals surface area contributed by atoms with Crippen molar-refractivity contribution in [2.75, 3.05) is 0 Å². The summed E-state index contributed by atoms with van der Waals surface area (Å²) in [5.74, 6) is -0.814. The third-order valence-corrected chi connectivity index (χ3v) is 3.85. The second kappa shape index (κ2) is 4.25. The van der Waals surface area contributed by atoms with E-state index in [1.165, 1.54) is 23.1 Å². The number of carboxylic acids is 1. The van der Waals surface area contributed by atoms with E-state index in [-0.39, 0.29) is 0 Å². The first-order valence-electron chi connectivity index (χ1n) is 3.10. The van der Waals surface area contributed by atoms with Gasteiger partial charge in [-0.3, -0.25) is 4.79 Å². The van der Waals surface area contributed by atoms with Gasteiger partial charge in [-0.1, -0.05) is 11.8 Å². The molecule has 1 aromatic rings. The molecule has 0 amide bonds. The van der Waals surface area contributed by atoms with Crippen molar-refractivity contribution in [2.45, 2.75) is 16.5 Å². The zero-order chi connectivity index (χ0) is 9.14. The van der Waals surface area contributed by atoms with Gasteiger partial charge in [0.05, 0.1) is 0 Å². The number of hydrogen-bond donors (Lipinski definition) is 1. The summed E-state index contributed by atoms with van der Waals surface area (Å²) in [6.07, 6.45) is 0. The van der Waals surface area contributed by atoms with Crippen molar-refractivity contribution in [2.24, 2.45) is 0 Å². The Morgan fingerprint density at radius 2 is 2.58 bits per heavy atom. The van der Waals surface area contributed by atoms with Gasteiger partial charge in [-0.2, -0.15) is 0 Å². The number of thioether (sulfide) groups is 1. The monoisotopic (exact) mass is 267 g/mol. The first kappa shape index (κ1) is 10.0. The van der Waals surface area contributed by atoms with E-state index >= 15 is 0 Å². The minimum atomic E-state index is -0.814. The molecule has 1 N–H and O–H groups in total. The minimum Gasteiger partial charge on any atom is -0.480 e. The van der Waals surface area contributed by atoms with E-state index in [9.17, 15) is 4.79 Å². The van der Waals surface area contributed by atoms with Gasteiger partial charge in [-0.05, 0) is 22.9 Å². The summed E-state index contributed by atoms with van der Waals surface area (Å²) in [7, 11) is 0. The normalized spacial score (nSPS) is 12.8. The number of halogens is 1. The SMILES string of the molecule is CC(Sc1nc(Br)cs1)C(=O)O. The van der Waals surface area contributed by atoms with E-state index in [4.69, 9.17) is 5.11 Å². The lowest BCUT2D eigenvalue weighted by molar-refractivity contribution is -0.136. The summed E-state index contributed by atoms with van der Waals surface area (Å²) in [5.41, 5.74) is 0. The van der Waals surface area contributed by atoms with Crippen LogP contribution in [0.5, 0.6) is 0 Å². The summed E-state index contributed by atoms with van der Waals surface area (Å²) >= 11 is 5.88. The Labute approximate surface area is 86.3 Å². The Morgan fingerprint density at radius 3 is 3.00 bits per heavy atom.